The van der Waals surface area contributed by atoms with Crippen molar-refractivity contribution in [3.8, 4) is 0 Å². The third kappa shape index (κ3) is 5.47. The maximum Gasteiger partial charge on any atom is 0.123 e. The number of halogens is 2. The van der Waals surface area contributed by atoms with Gasteiger partial charge >= 0.3 is 0 Å². The largest absolute Gasteiger partial charge is 0.354 e. The van der Waals surface area contributed by atoms with Gasteiger partial charge in [0.25, 0.3) is 0 Å². The molecule has 1 N–H and O–H groups in total. The average molecular weight is 546 g/mol. The molecule has 2 aliphatic heterocycles. The SMILES string of the molecule is CC(SN1CCN(C(c2ccc(F)cc2)c2ccc(F)cc2)CC1)c1ccc2c(c1)Nc1ccccc1S2. The number of rotatable bonds is 6. The van der Waals surface area contributed by atoms with Gasteiger partial charge in [-0.2, -0.15) is 0 Å². The van der Waals surface area contributed by atoms with Crippen molar-refractivity contribution < 1.29 is 8.78 Å². The van der Waals surface area contributed by atoms with Crippen LogP contribution in [0.2, 0.25) is 0 Å². The maximum absolute atomic E-state index is 13.6. The Hall–Kier alpha value is -2.84. The summed E-state index contributed by atoms with van der Waals surface area (Å²) in [7, 11) is 0. The lowest BCUT2D eigenvalue weighted by Gasteiger charge is -2.40. The van der Waals surface area contributed by atoms with Crippen molar-refractivity contribution in [3.05, 3.63) is 119 Å². The summed E-state index contributed by atoms with van der Waals surface area (Å²) < 4.78 is 29.7. The predicted octanol–water partition coefficient (Wildman–Crippen LogP) is 8.29. The summed E-state index contributed by atoms with van der Waals surface area (Å²) in [6.45, 7) is 5.85. The number of fused-ring (bicyclic) bond motifs is 2. The summed E-state index contributed by atoms with van der Waals surface area (Å²) in [6.07, 6.45) is 0. The number of hydrogen-bond acceptors (Lipinski definition) is 5. The van der Waals surface area contributed by atoms with Crippen molar-refractivity contribution >= 4 is 35.1 Å². The molecule has 3 nitrogen and oxygen atoms in total. The van der Waals surface area contributed by atoms with E-state index in [0.717, 1.165) is 43.0 Å². The molecule has 0 bridgehead atoms. The van der Waals surface area contributed by atoms with Gasteiger partial charge in [0.1, 0.15) is 11.6 Å². The fraction of sp³-hybridized carbons (Fsp3) is 0.226. The topological polar surface area (TPSA) is 18.5 Å². The van der Waals surface area contributed by atoms with Crippen molar-refractivity contribution in [2.45, 2.75) is 28.0 Å². The van der Waals surface area contributed by atoms with Gasteiger partial charge in [0.05, 0.1) is 17.4 Å². The molecular formula is C31H29F2N3S2. The smallest absolute Gasteiger partial charge is 0.123 e. The Bertz CT molecular complexity index is 1360. The van der Waals surface area contributed by atoms with Crippen LogP contribution in [0.3, 0.4) is 0 Å². The van der Waals surface area contributed by atoms with Crippen molar-refractivity contribution in [1.29, 1.82) is 0 Å². The van der Waals surface area contributed by atoms with Gasteiger partial charge in [0, 0.05) is 41.2 Å². The van der Waals surface area contributed by atoms with Gasteiger partial charge in [-0.1, -0.05) is 66.2 Å². The standard InChI is InChI=1S/C31H29F2N3S2/c1-21(24-10-15-30-28(20-24)34-27-4-2-3-5-29(27)37-30)38-36-18-16-35(17-19-36)31(22-6-11-25(32)12-7-22)23-8-13-26(33)14-9-23/h2-15,20-21,31,34H,16-19H2,1H3. The fourth-order valence-electron chi connectivity index (χ4n) is 5.17. The number of piperazine rings is 1. The normalized spacial score (nSPS) is 16.5. The highest BCUT2D eigenvalue weighted by atomic mass is 32.2. The van der Waals surface area contributed by atoms with Gasteiger partial charge in [-0.15, -0.1) is 0 Å². The van der Waals surface area contributed by atoms with Crippen LogP contribution in [0, 0.1) is 11.6 Å². The molecule has 0 saturated carbocycles. The van der Waals surface area contributed by atoms with E-state index in [0.29, 0.717) is 5.25 Å². The quantitative estimate of drug-likeness (QED) is 0.216. The zero-order valence-electron chi connectivity index (χ0n) is 21.1. The summed E-state index contributed by atoms with van der Waals surface area (Å²) in [5.41, 5.74) is 5.68. The van der Waals surface area contributed by atoms with Gasteiger partial charge in [0.2, 0.25) is 0 Å². The lowest BCUT2D eigenvalue weighted by molar-refractivity contribution is 0.161. The van der Waals surface area contributed by atoms with Crippen LogP contribution in [0.4, 0.5) is 20.2 Å². The summed E-state index contributed by atoms with van der Waals surface area (Å²) in [6, 6.07) is 28.5. The number of benzene rings is 4. The molecule has 4 aromatic rings. The van der Waals surface area contributed by atoms with Crippen LogP contribution in [0.15, 0.2) is 101 Å². The first-order chi connectivity index (χ1) is 18.5. The monoisotopic (exact) mass is 545 g/mol. The van der Waals surface area contributed by atoms with E-state index in [9.17, 15) is 8.78 Å². The second kappa shape index (κ2) is 11.1. The molecule has 0 aromatic heterocycles. The van der Waals surface area contributed by atoms with E-state index < -0.39 is 0 Å². The highest BCUT2D eigenvalue weighted by Crippen LogP contribution is 2.45. The predicted molar refractivity (Wildman–Crippen MR) is 154 cm³/mol. The van der Waals surface area contributed by atoms with Gasteiger partial charge in [-0.3, -0.25) is 4.90 Å². The van der Waals surface area contributed by atoms with E-state index in [1.807, 2.05) is 48.0 Å². The number of nitrogens with one attached hydrogen (secondary N) is 1. The number of nitrogens with zero attached hydrogens (tertiary/aromatic N) is 2. The van der Waals surface area contributed by atoms with Crippen LogP contribution in [0.5, 0.6) is 0 Å². The minimum Gasteiger partial charge on any atom is -0.354 e. The van der Waals surface area contributed by atoms with Crippen LogP contribution < -0.4 is 5.32 Å². The minimum absolute atomic E-state index is 0.0344. The Morgan fingerprint density at radius 1 is 0.711 bits per heavy atom. The molecule has 4 aromatic carbocycles. The molecule has 1 fully saturated rings. The number of anilines is 2. The molecule has 194 valence electrons. The summed E-state index contributed by atoms with van der Waals surface area (Å²) in [5.74, 6) is -0.496. The number of para-hydroxylation sites is 1. The van der Waals surface area contributed by atoms with Crippen molar-refractivity contribution in [2.24, 2.45) is 0 Å². The van der Waals surface area contributed by atoms with Gasteiger partial charge < -0.3 is 5.32 Å². The molecule has 0 radical (unpaired) electrons. The second-order valence-corrected chi connectivity index (χ2v) is 12.2. The van der Waals surface area contributed by atoms with Crippen LogP contribution >= 0.6 is 23.7 Å². The van der Waals surface area contributed by atoms with Gasteiger partial charge in [-0.05, 0) is 72.1 Å². The minimum atomic E-state index is -0.248. The van der Waals surface area contributed by atoms with Crippen molar-refractivity contribution in [1.82, 2.24) is 9.21 Å². The van der Waals surface area contributed by atoms with E-state index in [1.165, 1.54) is 45.3 Å². The Morgan fingerprint density at radius 3 is 1.95 bits per heavy atom. The Balaban J connectivity index is 1.12. The van der Waals surface area contributed by atoms with Crippen LogP contribution in [0.25, 0.3) is 0 Å². The van der Waals surface area contributed by atoms with E-state index in [4.69, 9.17) is 0 Å². The van der Waals surface area contributed by atoms with E-state index in [1.54, 1.807) is 0 Å². The molecule has 38 heavy (non-hydrogen) atoms. The molecule has 1 atom stereocenters. The summed E-state index contributed by atoms with van der Waals surface area (Å²) >= 11 is 3.70. The molecule has 1 saturated heterocycles. The zero-order chi connectivity index (χ0) is 26.1. The van der Waals surface area contributed by atoms with Crippen LogP contribution in [-0.4, -0.2) is 35.4 Å². The first-order valence-electron chi connectivity index (χ1n) is 12.9. The molecule has 0 amide bonds. The molecule has 6 rings (SSSR count). The third-order valence-electron chi connectivity index (χ3n) is 7.17. The Morgan fingerprint density at radius 2 is 1.29 bits per heavy atom. The molecule has 0 aliphatic carbocycles. The average Bonchev–Trinajstić information content (AvgIpc) is 2.94. The molecule has 1 unspecified atom stereocenters. The second-order valence-electron chi connectivity index (χ2n) is 9.70. The lowest BCUT2D eigenvalue weighted by Crippen LogP contribution is -2.45. The van der Waals surface area contributed by atoms with E-state index in [-0.39, 0.29) is 17.7 Å². The zero-order valence-corrected chi connectivity index (χ0v) is 22.7. The molecule has 7 heteroatoms. The lowest BCUT2D eigenvalue weighted by atomic mass is 9.96. The summed E-state index contributed by atoms with van der Waals surface area (Å²) in [5, 5.41) is 3.92. The van der Waals surface area contributed by atoms with Crippen molar-refractivity contribution in [2.75, 3.05) is 31.5 Å². The van der Waals surface area contributed by atoms with Crippen molar-refractivity contribution in [3.63, 3.8) is 0 Å². The highest BCUT2D eigenvalue weighted by molar-refractivity contribution is 7.99. The third-order valence-corrected chi connectivity index (χ3v) is 9.57. The Labute approximate surface area is 231 Å². The van der Waals surface area contributed by atoms with E-state index in [2.05, 4.69) is 63.9 Å². The van der Waals surface area contributed by atoms with Crippen LogP contribution in [0.1, 0.15) is 34.9 Å². The van der Waals surface area contributed by atoms with E-state index >= 15 is 0 Å². The maximum atomic E-state index is 13.6. The first kappa shape index (κ1) is 25.4. The molecule has 0 spiro atoms. The van der Waals surface area contributed by atoms with Crippen LogP contribution in [-0.2, 0) is 0 Å². The molecular weight excluding hydrogens is 516 g/mol. The number of hydrogen-bond donors (Lipinski definition) is 1. The molecule has 2 aliphatic rings. The fourth-order valence-corrected chi connectivity index (χ4v) is 7.22. The summed E-state index contributed by atoms with van der Waals surface area (Å²) in [4.78, 5) is 4.93. The van der Waals surface area contributed by atoms with Gasteiger partial charge in [-0.25, -0.2) is 13.1 Å². The Kier molecular flexibility index (Phi) is 7.43. The van der Waals surface area contributed by atoms with Gasteiger partial charge in [0.15, 0.2) is 0 Å². The highest BCUT2D eigenvalue weighted by Gasteiger charge is 2.28. The first-order valence-corrected chi connectivity index (χ1v) is 14.5. The molecule has 2 heterocycles.